The number of nitrogens with zero attached hydrogens (tertiary/aromatic N) is 1. The van der Waals surface area contributed by atoms with Crippen LogP contribution in [0.4, 0.5) is 5.69 Å². The largest absolute Gasteiger partial charge is 0.378 e. The van der Waals surface area contributed by atoms with Crippen LogP contribution < -0.4 is 10.6 Å². The number of hydrogen-bond donors (Lipinski definition) is 2. The summed E-state index contributed by atoms with van der Waals surface area (Å²) in [6.07, 6.45) is 3.25. The van der Waals surface area contributed by atoms with Gasteiger partial charge in [-0.1, -0.05) is 12.1 Å². The van der Waals surface area contributed by atoms with Gasteiger partial charge >= 0.3 is 0 Å². The first-order chi connectivity index (χ1) is 11.6. The van der Waals surface area contributed by atoms with Gasteiger partial charge in [-0.2, -0.15) is 0 Å². The lowest BCUT2D eigenvalue weighted by Crippen LogP contribution is -2.07. The van der Waals surface area contributed by atoms with Crippen LogP contribution in [-0.4, -0.2) is 25.6 Å². The van der Waals surface area contributed by atoms with Gasteiger partial charge < -0.3 is 15.6 Å². The van der Waals surface area contributed by atoms with Crippen molar-refractivity contribution in [3.8, 4) is 11.3 Å². The highest BCUT2D eigenvalue weighted by Gasteiger charge is 2.13. The summed E-state index contributed by atoms with van der Waals surface area (Å²) in [5.74, 6) is 0. The van der Waals surface area contributed by atoms with Crippen molar-refractivity contribution < 1.29 is 0 Å². The number of aromatic amines is 1. The van der Waals surface area contributed by atoms with E-state index in [1.807, 2.05) is 0 Å². The average molecular weight is 433 g/mol. The van der Waals surface area contributed by atoms with Crippen molar-refractivity contribution in [2.75, 3.05) is 25.5 Å². The lowest BCUT2D eigenvalue weighted by Gasteiger charge is -2.13. The topological polar surface area (TPSA) is 45.0 Å². The lowest BCUT2D eigenvalue weighted by molar-refractivity contribution is 0.748. The van der Waals surface area contributed by atoms with E-state index < -0.39 is 0 Å². The Kier molecular flexibility index (Phi) is 5.46. The van der Waals surface area contributed by atoms with E-state index >= 15 is 0 Å². The molecule has 1 aromatic heterocycles. The number of halogens is 1. The summed E-state index contributed by atoms with van der Waals surface area (Å²) in [7, 11) is 4.14. The number of nitrogens with one attached hydrogen (secondary N) is 1. The number of fused-ring (bicyclic) bond motifs is 1. The van der Waals surface area contributed by atoms with E-state index in [9.17, 15) is 0 Å². The Bertz CT molecular complexity index is 819. The van der Waals surface area contributed by atoms with Crippen LogP contribution in [0.15, 0.2) is 42.5 Å². The Morgan fingerprint density at radius 1 is 1.04 bits per heavy atom. The van der Waals surface area contributed by atoms with Crippen LogP contribution in [0.3, 0.4) is 0 Å². The molecule has 3 nitrogen and oxygen atoms in total. The summed E-state index contributed by atoms with van der Waals surface area (Å²) in [5, 5.41) is 1.34. The van der Waals surface area contributed by atoms with Crippen molar-refractivity contribution in [3.05, 3.63) is 51.6 Å². The molecule has 1 heterocycles. The molecule has 3 aromatic rings. The van der Waals surface area contributed by atoms with Gasteiger partial charge in [0, 0.05) is 39.9 Å². The third-order valence-corrected chi connectivity index (χ3v) is 5.09. The Balaban J connectivity index is 2.06. The SMILES string of the molecule is CN(C)c1ccc(-c2[nH]c3ccc(I)cc3c2CCCCN)cc1. The first-order valence-electron chi connectivity index (χ1n) is 8.38. The molecule has 0 spiro atoms. The molecule has 0 aliphatic carbocycles. The van der Waals surface area contributed by atoms with Crippen molar-refractivity contribution in [1.29, 1.82) is 0 Å². The number of unbranched alkanes of at least 4 members (excludes halogenated alkanes) is 1. The molecule has 4 heteroatoms. The first kappa shape index (κ1) is 17.3. The fourth-order valence-electron chi connectivity index (χ4n) is 3.10. The number of benzene rings is 2. The predicted octanol–water partition coefficient (Wildman–Crippen LogP) is 4.79. The fourth-order valence-corrected chi connectivity index (χ4v) is 3.59. The van der Waals surface area contributed by atoms with Gasteiger partial charge in [-0.25, -0.2) is 0 Å². The number of aromatic nitrogens is 1. The van der Waals surface area contributed by atoms with E-state index in [4.69, 9.17) is 5.73 Å². The molecule has 24 heavy (non-hydrogen) atoms. The van der Waals surface area contributed by atoms with Gasteiger partial charge in [-0.3, -0.25) is 0 Å². The van der Waals surface area contributed by atoms with Crippen LogP contribution in [-0.2, 0) is 6.42 Å². The molecule has 0 aliphatic rings. The van der Waals surface area contributed by atoms with Crippen LogP contribution in [0.5, 0.6) is 0 Å². The zero-order valence-electron chi connectivity index (χ0n) is 14.3. The lowest BCUT2D eigenvalue weighted by atomic mass is 10.00. The number of hydrogen-bond acceptors (Lipinski definition) is 2. The summed E-state index contributed by atoms with van der Waals surface area (Å²) in [6, 6.07) is 15.4. The smallest absolute Gasteiger partial charge is 0.0497 e. The summed E-state index contributed by atoms with van der Waals surface area (Å²) in [6.45, 7) is 0.757. The monoisotopic (exact) mass is 433 g/mol. The fraction of sp³-hybridized carbons (Fsp3) is 0.300. The average Bonchev–Trinajstić information content (AvgIpc) is 2.93. The molecule has 126 valence electrons. The quantitative estimate of drug-likeness (QED) is 0.434. The van der Waals surface area contributed by atoms with E-state index in [-0.39, 0.29) is 0 Å². The molecule has 3 rings (SSSR count). The second kappa shape index (κ2) is 7.57. The number of nitrogens with two attached hydrogens (primary N) is 1. The third kappa shape index (κ3) is 3.59. The van der Waals surface area contributed by atoms with Crippen molar-refractivity contribution in [2.45, 2.75) is 19.3 Å². The molecule has 0 aliphatic heterocycles. The maximum absolute atomic E-state index is 5.69. The van der Waals surface area contributed by atoms with Crippen LogP contribution in [0.2, 0.25) is 0 Å². The Hall–Kier alpha value is -1.53. The molecular weight excluding hydrogens is 409 g/mol. The minimum Gasteiger partial charge on any atom is -0.378 e. The third-order valence-electron chi connectivity index (χ3n) is 4.42. The van der Waals surface area contributed by atoms with Crippen molar-refractivity contribution in [2.24, 2.45) is 5.73 Å². The molecule has 0 amide bonds. The van der Waals surface area contributed by atoms with Gasteiger partial charge in [0.15, 0.2) is 0 Å². The first-order valence-corrected chi connectivity index (χ1v) is 9.46. The van der Waals surface area contributed by atoms with E-state index in [1.54, 1.807) is 0 Å². The second-order valence-electron chi connectivity index (χ2n) is 6.36. The van der Waals surface area contributed by atoms with Crippen LogP contribution in [0, 0.1) is 3.57 Å². The van der Waals surface area contributed by atoms with Gasteiger partial charge in [0.2, 0.25) is 0 Å². The van der Waals surface area contributed by atoms with Crippen molar-refractivity contribution in [3.63, 3.8) is 0 Å². The van der Waals surface area contributed by atoms with E-state index in [0.717, 1.165) is 25.8 Å². The van der Waals surface area contributed by atoms with Gasteiger partial charge in [0.1, 0.15) is 0 Å². The molecule has 0 saturated heterocycles. The minimum atomic E-state index is 0.757. The van der Waals surface area contributed by atoms with Crippen molar-refractivity contribution >= 4 is 39.2 Å². The highest BCUT2D eigenvalue weighted by molar-refractivity contribution is 14.1. The van der Waals surface area contributed by atoms with Crippen LogP contribution >= 0.6 is 22.6 Å². The highest BCUT2D eigenvalue weighted by atomic mass is 127. The standard InChI is InChI=1S/C20H24IN3/c1-24(2)16-9-6-14(7-10-16)20-17(5-3-4-12-22)18-13-15(21)8-11-19(18)23-20/h6-11,13,23H,3-5,12,22H2,1-2H3. The van der Waals surface area contributed by atoms with Crippen LogP contribution in [0.25, 0.3) is 22.2 Å². The molecule has 0 atom stereocenters. The molecule has 3 N–H and O–H groups in total. The van der Waals surface area contributed by atoms with Crippen molar-refractivity contribution in [1.82, 2.24) is 4.98 Å². The molecule has 2 aromatic carbocycles. The maximum Gasteiger partial charge on any atom is 0.0497 e. The normalized spacial score (nSPS) is 11.2. The van der Waals surface area contributed by atoms with Gasteiger partial charge in [-0.15, -0.1) is 0 Å². The van der Waals surface area contributed by atoms with Gasteiger partial charge in [0.05, 0.1) is 0 Å². The zero-order valence-corrected chi connectivity index (χ0v) is 16.4. The van der Waals surface area contributed by atoms with Crippen LogP contribution in [0.1, 0.15) is 18.4 Å². The molecule has 0 fully saturated rings. The van der Waals surface area contributed by atoms with Gasteiger partial charge in [0.25, 0.3) is 0 Å². The second-order valence-corrected chi connectivity index (χ2v) is 7.60. The summed E-state index contributed by atoms with van der Waals surface area (Å²) in [4.78, 5) is 5.76. The molecule has 0 radical (unpaired) electrons. The summed E-state index contributed by atoms with van der Waals surface area (Å²) >= 11 is 2.39. The number of anilines is 1. The zero-order chi connectivity index (χ0) is 17.1. The Labute approximate surface area is 157 Å². The van der Waals surface area contributed by atoms with E-state index in [0.29, 0.717) is 0 Å². The maximum atomic E-state index is 5.69. The van der Waals surface area contributed by atoms with Gasteiger partial charge in [-0.05, 0) is 89.9 Å². The summed E-state index contributed by atoms with van der Waals surface area (Å²) in [5.41, 5.74) is 12.0. The molecule has 0 bridgehead atoms. The summed E-state index contributed by atoms with van der Waals surface area (Å²) < 4.78 is 1.27. The molecule has 0 saturated carbocycles. The number of aryl methyl sites for hydroxylation is 1. The Morgan fingerprint density at radius 3 is 2.46 bits per heavy atom. The number of rotatable bonds is 6. The number of H-pyrrole nitrogens is 1. The predicted molar refractivity (Wildman–Crippen MR) is 113 cm³/mol. The highest BCUT2D eigenvalue weighted by Crippen LogP contribution is 2.33. The van der Waals surface area contributed by atoms with E-state index in [2.05, 4.69) is 89.0 Å². The van der Waals surface area contributed by atoms with E-state index in [1.165, 1.54) is 37.0 Å². The minimum absolute atomic E-state index is 0.757. The molecular formula is C20H24IN3. The Morgan fingerprint density at radius 2 is 1.79 bits per heavy atom. The molecule has 0 unspecified atom stereocenters.